The van der Waals surface area contributed by atoms with Crippen molar-refractivity contribution in [2.24, 2.45) is 10.2 Å². The van der Waals surface area contributed by atoms with E-state index in [0.29, 0.717) is 16.7 Å². The summed E-state index contributed by atoms with van der Waals surface area (Å²) in [5, 5.41) is 42.7. The highest BCUT2D eigenvalue weighted by molar-refractivity contribution is 7.94. The van der Waals surface area contributed by atoms with Crippen molar-refractivity contribution in [1.29, 1.82) is 0 Å². The molecule has 0 aliphatic carbocycles. The Morgan fingerprint density at radius 2 is 1.69 bits per heavy atom. The van der Waals surface area contributed by atoms with Crippen molar-refractivity contribution in [3.05, 3.63) is 47.7 Å². The van der Waals surface area contributed by atoms with Gasteiger partial charge in [0.15, 0.2) is 5.69 Å². The lowest BCUT2D eigenvalue weighted by molar-refractivity contribution is -0.432. The first-order valence-electron chi connectivity index (χ1n) is 9.06. The van der Waals surface area contributed by atoms with Gasteiger partial charge in [-0.25, -0.2) is 10.1 Å². The first-order valence-corrected chi connectivity index (χ1v) is 12.7. The van der Waals surface area contributed by atoms with Crippen molar-refractivity contribution in [3.63, 3.8) is 0 Å². The molecule has 1 aromatic heterocycles. The molecule has 2 aromatic carbocycles. The lowest BCUT2D eigenvalue weighted by Gasteiger charge is -2.08. The van der Waals surface area contributed by atoms with Crippen LogP contribution in [0.25, 0.3) is 5.69 Å². The second kappa shape index (κ2) is 10.3. The maximum Gasteiger partial charge on any atom is 0.358 e. The molecule has 5 N–H and O–H groups in total. The Kier molecular flexibility index (Phi) is 7.76. The fourth-order valence-corrected chi connectivity index (χ4v) is 4.38. The molecule has 0 radical (unpaired) electrons. The number of rotatable bonds is 9. The number of carbonyl (C=O) groups is 1. The molecule has 19 heteroatoms. The van der Waals surface area contributed by atoms with Crippen molar-refractivity contribution < 1.29 is 55.6 Å². The number of carboxylic acids is 1. The molecule has 0 saturated carbocycles. The first kappa shape index (κ1) is 27.2. The van der Waals surface area contributed by atoms with Crippen molar-refractivity contribution in [3.8, 4) is 11.6 Å². The fraction of sp³-hybridized carbons (Fsp3) is 0.0588. The molecule has 0 spiro atoms. The Labute approximate surface area is 206 Å². The van der Waals surface area contributed by atoms with Crippen molar-refractivity contribution in [2.45, 2.75) is 21.6 Å². The Balaban J connectivity index is 2.13. The highest BCUT2D eigenvalue weighted by Crippen LogP contribution is 2.38. The van der Waals surface area contributed by atoms with Crippen molar-refractivity contribution in [1.82, 2.24) is 9.78 Å². The highest BCUT2D eigenvalue weighted by atomic mass is 32.2. The van der Waals surface area contributed by atoms with E-state index in [9.17, 15) is 36.4 Å². The van der Waals surface area contributed by atoms with Gasteiger partial charge >= 0.3 is 5.97 Å². The molecule has 0 unspecified atom stereocenters. The van der Waals surface area contributed by atoms with Crippen LogP contribution in [-0.4, -0.2) is 57.2 Å². The van der Waals surface area contributed by atoms with Crippen LogP contribution in [0.15, 0.2) is 61.3 Å². The summed E-state index contributed by atoms with van der Waals surface area (Å²) in [5.41, 5.74) is -1.82. The number of hydrogen-bond donors (Lipinski definition) is 5. The summed E-state index contributed by atoms with van der Waals surface area (Å²) in [6.45, 7) is 1.43. The minimum absolute atomic E-state index is 0.0300. The number of aromatic carboxylic acids is 1. The highest BCUT2D eigenvalue weighted by Gasteiger charge is 2.25. The average Bonchev–Trinajstić information content (AvgIpc) is 3.12. The molecule has 0 aliphatic rings. The van der Waals surface area contributed by atoms with Gasteiger partial charge in [0.1, 0.15) is 10.6 Å². The van der Waals surface area contributed by atoms with Crippen LogP contribution in [0.4, 0.5) is 11.4 Å². The number of aromatic nitrogens is 2. The van der Waals surface area contributed by atoms with E-state index in [0.717, 1.165) is 36.4 Å². The molecular weight excluding hydrogens is 548 g/mol. The average molecular weight is 563 g/mol. The van der Waals surface area contributed by atoms with Gasteiger partial charge in [0, 0.05) is 4.90 Å². The van der Waals surface area contributed by atoms with Crippen LogP contribution in [0.5, 0.6) is 5.88 Å². The van der Waals surface area contributed by atoms with Gasteiger partial charge in [-0.3, -0.25) is 9.11 Å². The number of aromatic hydroxyl groups is 1. The van der Waals surface area contributed by atoms with E-state index in [4.69, 9.17) is 9.81 Å². The summed E-state index contributed by atoms with van der Waals surface area (Å²) in [4.78, 5) is 10.6. The van der Waals surface area contributed by atoms with Gasteiger partial charge in [-0.2, -0.15) is 26.6 Å². The molecule has 36 heavy (non-hydrogen) atoms. The number of hydrogen-bond acceptors (Lipinski definition) is 13. The molecule has 0 bridgehead atoms. The van der Waals surface area contributed by atoms with Crippen LogP contribution in [0, 0.1) is 6.92 Å². The number of benzene rings is 2. The summed E-state index contributed by atoms with van der Waals surface area (Å²) < 4.78 is 69.6. The summed E-state index contributed by atoms with van der Waals surface area (Å²) in [6, 6.07) is 6.19. The van der Waals surface area contributed by atoms with E-state index in [-0.39, 0.29) is 16.1 Å². The third-order valence-corrected chi connectivity index (χ3v) is 6.86. The second-order valence-corrected chi connectivity index (χ2v) is 10.2. The maximum absolute atomic E-state index is 11.8. The molecule has 3 aromatic rings. The van der Waals surface area contributed by atoms with Crippen LogP contribution in [0.3, 0.4) is 0 Å². The molecule has 0 aliphatic heterocycles. The fourth-order valence-electron chi connectivity index (χ4n) is 2.76. The van der Waals surface area contributed by atoms with E-state index < -0.39 is 58.9 Å². The van der Waals surface area contributed by atoms with E-state index in [1.54, 1.807) is 0 Å². The number of carboxylic acid groups (broad SMARTS) is 1. The minimum Gasteiger partial charge on any atom is -0.492 e. The number of azo groups is 1. The second-order valence-electron chi connectivity index (χ2n) is 6.69. The zero-order valence-electron chi connectivity index (χ0n) is 17.6. The van der Waals surface area contributed by atoms with Crippen LogP contribution in [0.1, 0.15) is 16.1 Å². The Morgan fingerprint density at radius 3 is 2.22 bits per heavy atom. The predicted octanol–water partition coefficient (Wildman–Crippen LogP) is 2.92. The largest absolute Gasteiger partial charge is 0.492 e. The summed E-state index contributed by atoms with van der Waals surface area (Å²) in [5.74, 6) is -2.53. The normalized spacial score (nSPS) is 12.3. The van der Waals surface area contributed by atoms with E-state index >= 15 is 0 Å². The lowest BCUT2D eigenvalue weighted by atomic mass is 10.2. The molecule has 192 valence electrons. The molecule has 0 fully saturated rings. The standard InChI is InChI=1S/C17H14N4O12S3/c1-8-6-13(36(29,30)31)11(7-12(8)34-33-32-25)18-19-14-15(17(23)24)20-21(16(14)22)9-2-4-10(5-3-9)35(26,27)28/h2-7,22,25H,1H3,(H,23,24)(H,26,27,28)(H,29,30,31). The van der Waals surface area contributed by atoms with E-state index in [2.05, 4.69) is 24.7 Å². The monoisotopic (exact) mass is 562 g/mol. The lowest BCUT2D eigenvalue weighted by Crippen LogP contribution is -2.02. The van der Waals surface area contributed by atoms with Gasteiger partial charge in [-0.1, -0.05) is 5.04 Å². The summed E-state index contributed by atoms with van der Waals surface area (Å²) >= 11 is 0.447. The molecular formula is C17H14N4O12S3. The third-order valence-electron chi connectivity index (χ3n) is 4.36. The Bertz CT molecular complexity index is 1570. The van der Waals surface area contributed by atoms with Gasteiger partial charge in [-0.15, -0.1) is 14.6 Å². The Morgan fingerprint density at radius 1 is 1.06 bits per heavy atom. The number of nitrogens with zero attached hydrogens (tertiary/aromatic N) is 4. The van der Waals surface area contributed by atoms with Crippen LogP contribution in [-0.2, 0) is 29.6 Å². The maximum atomic E-state index is 11.8. The summed E-state index contributed by atoms with van der Waals surface area (Å²) in [7, 11) is -9.36. The van der Waals surface area contributed by atoms with Gasteiger partial charge in [0.25, 0.3) is 20.2 Å². The first-order chi connectivity index (χ1) is 16.7. The topological polar surface area (TPSA) is 247 Å². The van der Waals surface area contributed by atoms with Crippen LogP contribution < -0.4 is 0 Å². The molecule has 0 amide bonds. The van der Waals surface area contributed by atoms with E-state index in [1.807, 2.05) is 0 Å². The molecule has 1 heterocycles. The van der Waals surface area contributed by atoms with Crippen molar-refractivity contribution in [2.75, 3.05) is 0 Å². The van der Waals surface area contributed by atoms with Crippen LogP contribution >= 0.6 is 12.0 Å². The van der Waals surface area contributed by atoms with Gasteiger partial charge in [0.2, 0.25) is 11.6 Å². The zero-order chi connectivity index (χ0) is 26.8. The molecule has 0 saturated heterocycles. The van der Waals surface area contributed by atoms with Crippen molar-refractivity contribution >= 4 is 49.6 Å². The van der Waals surface area contributed by atoms with Gasteiger partial charge in [-0.05, 0) is 48.9 Å². The molecule has 3 rings (SSSR count). The van der Waals surface area contributed by atoms with Crippen LogP contribution in [0.2, 0.25) is 0 Å². The zero-order valence-corrected chi connectivity index (χ0v) is 20.0. The van der Waals surface area contributed by atoms with E-state index in [1.165, 1.54) is 6.92 Å². The predicted molar refractivity (Wildman–Crippen MR) is 118 cm³/mol. The smallest absolute Gasteiger partial charge is 0.358 e. The van der Waals surface area contributed by atoms with Gasteiger partial charge < -0.3 is 10.2 Å². The molecule has 16 nitrogen and oxygen atoms in total. The SMILES string of the molecule is Cc1cc(S(=O)(=O)O)c(N=Nc2c(C(=O)O)nn(-c3ccc(S(=O)(=O)O)cc3)c2O)cc1SOOO. The summed E-state index contributed by atoms with van der Waals surface area (Å²) in [6.07, 6.45) is 0. The quantitative estimate of drug-likeness (QED) is 0.0827. The number of aryl methyl sites for hydroxylation is 1. The third kappa shape index (κ3) is 5.85. The molecule has 0 atom stereocenters. The van der Waals surface area contributed by atoms with Gasteiger partial charge in [0.05, 0.1) is 22.6 Å². The Hall–Kier alpha value is -3.43. The minimum atomic E-state index is -4.84.